The van der Waals surface area contributed by atoms with Crippen molar-refractivity contribution in [3.05, 3.63) is 113 Å². The number of imidazole rings is 1. The van der Waals surface area contributed by atoms with Crippen molar-refractivity contribution < 1.29 is 9.53 Å². The van der Waals surface area contributed by atoms with Gasteiger partial charge in [0.25, 0.3) is 0 Å². The Morgan fingerprint density at radius 2 is 1.71 bits per heavy atom. The van der Waals surface area contributed by atoms with Crippen LogP contribution in [0.25, 0.3) is 21.5 Å². The van der Waals surface area contributed by atoms with E-state index in [1.54, 1.807) is 11.3 Å². The highest BCUT2D eigenvalue weighted by Crippen LogP contribution is 2.30. The molecule has 0 amide bonds. The van der Waals surface area contributed by atoms with Gasteiger partial charge >= 0.3 is 5.97 Å². The van der Waals surface area contributed by atoms with Crippen LogP contribution in [0.4, 0.5) is 0 Å². The molecule has 1 N–H and O–H groups in total. The highest BCUT2D eigenvalue weighted by atomic mass is 32.1. The number of H-pyrrole nitrogens is 1. The van der Waals surface area contributed by atoms with E-state index in [-0.39, 0.29) is 12.6 Å². The lowest BCUT2D eigenvalue weighted by Gasteiger charge is -2.14. The first-order valence-electron chi connectivity index (χ1n) is 10.1. The number of fused-ring (bicyclic) bond motifs is 1. The fraction of sp³-hybridized carbons (Fsp3) is 0.0769. The van der Waals surface area contributed by atoms with E-state index in [9.17, 15) is 4.79 Å². The summed E-state index contributed by atoms with van der Waals surface area (Å²) in [4.78, 5) is 22.5. The molecule has 4 nitrogen and oxygen atoms in total. The summed E-state index contributed by atoms with van der Waals surface area (Å²) in [5, 5.41) is 2.06. The van der Waals surface area contributed by atoms with Crippen molar-refractivity contribution in [2.75, 3.05) is 0 Å². The first kappa shape index (κ1) is 19.3. The molecule has 152 valence electrons. The second kappa shape index (κ2) is 8.58. The van der Waals surface area contributed by atoms with E-state index in [4.69, 9.17) is 9.72 Å². The Bertz CT molecular complexity index is 1300. The van der Waals surface area contributed by atoms with Crippen molar-refractivity contribution in [1.29, 1.82) is 0 Å². The van der Waals surface area contributed by atoms with Crippen molar-refractivity contribution in [3.8, 4) is 10.4 Å². The molecule has 0 radical (unpaired) electrons. The van der Waals surface area contributed by atoms with Crippen molar-refractivity contribution in [3.63, 3.8) is 0 Å². The third-order valence-corrected chi connectivity index (χ3v) is 6.09. The van der Waals surface area contributed by atoms with Crippen LogP contribution < -0.4 is 0 Å². The van der Waals surface area contributed by atoms with E-state index in [0.717, 1.165) is 27.7 Å². The van der Waals surface area contributed by atoms with E-state index in [1.165, 1.54) is 4.88 Å². The number of aromatic nitrogens is 2. The predicted octanol–water partition coefficient (Wildman–Crippen LogP) is 6.17. The summed E-state index contributed by atoms with van der Waals surface area (Å²) in [5.74, 6) is -0.363. The van der Waals surface area contributed by atoms with Crippen LogP contribution in [0, 0.1) is 0 Å². The monoisotopic (exact) mass is 424 g/mol. The van der Waals surface area contributed by atoms with Crippen molar-refractivity contribution in [1.82, 2.24) is 9.97 Å². The fourth-order valence-electron chi connectivity index (χ4n) is 3.63. The van der Waals surface area contributed by atoms with Crippen LogP contribution in [0.5, 0.6) is 0 Å². The van der Waals surface area contributed by atoms with Gasteiger partial charge in [0.15, 0.2) is 0 Å². The molecule has 3 aromatic carbocycles. The van der Waals surface area contributed by atoms with Gasteiger partial charge in [0.1, 0.15) is 18.3 Å². The zero-order valence-electron chi connectivity index (χ0n) is 16.7. The van der Waals surface area contributed by atoms with E-state index in [1.807, 2.05) is 72.8 Å². The maximum absolute atomic E-state index is 13.2. The molecule has 1 unspecified atom stereocenters. The molecule has 2 aromatic heterocycles. The first-order chi connectivity index (χ1) is 15.3. The second-order valence-electron chi connectivity index (χ2n) is 7.27. The molecule has 5 aromatic rings. The topological polar surface area (TPSA) is 55.0 Å². The van der Waals surface area contributed by atoms with E-state index < -0.39 is 5.92 Å². The lowest BCUT2D eigenvalue weighted by atomic mass is 9.98. The van der Waals surface area contributed by atoms with Crippen LogP contribution in [0.2, 0.25) is 0 Å². The predicted molar refractivity (Wildman–Crippen MR) is 124 cm³/mol. The smallest absolute Gasteiger partial charge is 0.321 e. The Morgan fingerprint density at radius 3 is 2.45 bits per heavy atom. The molecule has 0 bridgehead atoms. The molecule has 5 heteroatoms. The Kier molecular flexibility index (Phi) is 5.33. The summed E-state index contributed by atoms with van der Waals surface area (Å²) in [5.41, 5.74) is 4.65. The van der Waals surface area contributed by atoms with E-state index >= 15 is 0 Å². The summed E-state index contributed by atoms with van der Waals surface area (Å²) in [6.07, 6.45) is 0. The van der Waals surface area contributed by atoms with E-state index in [0.29, 0.717) is 5.82 Å². The zero-order chi connectivity index (χ0) is 21.0. The van der Waals surface area contributed by atoms with Crippen molar-refractivity contribution >= 4 is 28.3 Å². The van der Waals surface area contributed by atoms with Gasteiger partial charge in [-0.2, -0.15) is 0 Å². The minimum Gasteiger partial charge on any atom is -0.460 e. The normalized spacial score (nSPS) is 12.0. The molecular weight excluding hydrogens is 404 g/mol. The number of hydrogen-bond acceptors (Lipinski definition) is 4. The molecular formula is C26H20N2O2S. The van der Waals surface area contributed by atoms with Gasteiger partial charge in [-0.05, 0) is 40.3 Å². The SMILES string of the molecule is O=C(OCc1ccccc1)C(c1ccccc1)c1nc2ccc(-c3cccs3)cc2[nH]1. The zero-order valence-corrected chi connectivity index (χ0v) is 17.5. The first-order valence-corrected chi connectivity index (χ1v) is 10.9. The Morgan fingerprint density at radius 1 is 0.935 bits per heavy atom. The number of rotatable bonds is 6. The Labute approximate surface area is 184 Å². The maximum atomic E-state index is 13.2. The van der Waals surface area contributed by atoms with Crippen molar-refractivity contribution in [2.45, 2.75) is 12.5 Å². The lowest BCUT2D eigenvalue weighted by molar-refractivity contribution is -0.145. The molecule has 31 heavy (non-hydrogen) atoms. The van der Waals surface area contributed by atoms with Gasteiger partial charge in [-0.3, -0.25) is 4.79 Å². The van der Waals surface area contributed by atoms with Gasteiger partial charge < -0.3 is 9.72 Å². The van der Waals surface area contributed by atoms with Gasteiger partial charge in [-0.15, -0.1) is 11.3 Å². The van der Waals surface area contributed by atoms with Crippen molar-refractivity contribution in [2.24, 2.45) is 0 Å². The number of ether oxygens (including phenoxy) is 1. The molecule has 0 spiro atoms. The van der Waals surface area contributed by atoms with Gasteiger partial charge in [0.05, 0.1) is 11.0 Å². The number of esters is 1. The maximum Gasteiger partial charge on any atom is 0.321 e. The van der Waals surface area contributed by atoms with Crippen LogP contribution in [-0.4, -0.2) is 15.9 Å². The van der Waals surface area contributed by atoms with Gasteiger partial charge in [0, 0.05) is 4.88 Å². The highest BCUT2D eigenvalue weighted by molar-refractivity contribution is 7.13. The number of nitrogens with one attached hydrogen (secondary N) is 1. The summed E-state index contributed by atoms with van der Waals surface area (Å²) in [6.45, 7) is 0.228. The summed E-state index contributed by atoms with van der Waals surface area (Å²) >= 11 is 1.70. The molecule has 1 atom stereocenters. The molecule has 2 heterocycles. The fourth-order valence-corrected chi connectivity index (χ4v) is 4.35. The number of hydrogen-bond donors (Lipinski definition) is 1. The molecule has 0 aliphatic heterocycles. The quantitative estimate of drug-likeness (QED) is 0.332. The highest BCUT2D eigenvalue weighted by Gasteiger charge is 2.27. The third-order valence-electron chi connectivity index (χ3n) is 5.17. The van der Waals surface area contributed by atoms with Gasteiger partial charge in [-0.25, -0.2) is 4.98 Å². The minimum absolute atomic E-state index is 0.228. The largest absolute Gasteiger partial charge is 0.460 e. The number of aromatic amines is 1. The number of nitrogens with zero attached hydrogens (tertiary/aromatic N) is 1. The molecule has 0 aliphatic rings. The lowest BCUT2D eigenvalue weighted by Crippen LogP contribution is -2.18. The summed E-state index contributed by atoms with van der Waals surface area (Å²) < 4.78 is 5.68. The van der Waals surface area contributed by atoms with Crippen LogP contribution >= 0.6 is 11.3 Å². The number of carbonyl (C=O) groups excluding carboxylic acids is 1. The average molecular weight is 425 g/mol. The molecule has 0 saturated carbocycles. The molecule has 0 fully saturated rings. The van der Waals surface area contributed by atoms with Gasteiger partial charge in [0.2, 0.25) is 0 Å². The minimum atomic E-state index is -0.623. The third kappa shape index (κ3) is 4.13. The summed E-state index contributed by atoms with van der Waals surface area (Å²) in [6, 6.07) is 29.6. The molecule has 0 aliphatic carbocycles. The number of thiophene rings is 1. The van der Waals surface area contributed by atoms with Gasteiger partial charge in [-0.1, -0.05) is 72.8 Å². The second-order valence-corrected chi connectivity index (χ2v) is 8.22. The Hall–Kier alpha value is -3.70. The Balaban J connectivity index is 1.48. The standard InChI is InChI=1S/C26H20N2O2S/c29-26(30-17-18-8-3-1-4-9-18)24(19-10-5-2-6-11-19)25-27-21-14-13-20(16-22(21)28-25)23-12-7-15-31-23/h1-16,24H,17H2,(H,27,28). The van der Waals surface area contributed by atoms with Crippen LogP contribution in [0.1, 0.15) is 22.9 Å². The number of carbonyl (C=O) groups is 1. The number of benzene rings is 3. The van der Waals surface area contributed by atoms with E-state index in [2.05, 4.69) is 28.6 Å². The molecule has 0 saturated heterocycles. The molecule has 5 rings (SSSR count). The van der Waals surface area contributed by atoms with Crippen LogP contribution in [-0.2, 0) is 16.1 Å². The van der Waals surface area contributed by atoms with Crippen LogP contribution in [0.15, 0.2) is 96.4 Å². The van der Waals surface area contributed by atoms with Crippen LogP contribution in [0.3, 0.4) is 0 Å². The average Bonchev–Trinajstić information content (AvgIpc) is 3.49. The summed E-state index contributed by atoms with van der Waals surface area (Å²) in [7, 11) is 0.